The molecule has 2 aromatic heterocycles. The quantitative estimate of drug-likeness (QED) is 0.427. The first-order valence-corrected chi connectivity index (χ1v) is 10.2. The molecule has 0 radical (unpaired) electrons. The summed E-state index contributed by atoms with van der Waals surface area (Å²) in [6, 6.07) is 23.1. The van der Waals surface area contributed by atoms with E-state index in [4.69, 9.17) is 9.47 Å². The average Bonchev–Trinajstić information content (AvgIpc) is 2.82. The maximum atomic E-state index is 12.4. The molecule has 0 unspecified atom stereocenters. The van der Waals surface area contributed by atoms with Crippen molar-refractivity contribution >= 4 is 0 Å². The van der Waals surface area contributed by atoms with Crippen LogP contribution in [0, 0.1) is 0 Å². The van der Waals surface area contributed by atoms with Crippen molar-refractivity contribution in [2.45, 2.75) is 13.5 Å². The van der Waals surface area contributed by atoms with Crippen LogP contribution in [-0.2, 0) is 6.54 Å². The summed E-state index contributed by atoms with van der Waals surface area (Å²) in [4.78, 5) is 17.0. The first-order valence-electron chi connectivity index (χ1n) is 10.2. The normalized spacial score (nSPS) is 10.6. The van der Waals surface area contributed by atoms with Gasteiger partial charge in [0.05, 0.1) is 26.0 Å². The molecular weight excluding hydrogens is 388 g/mol. The van der Waals surface area contributed by atoms with Crippen molar-refractivity contribution in [2.24, 2.45) is 0 Å². The van der Waals surface area contributed by atoms with Crippen LogP contribution in [0.25, 0.3) is 22.4 Å². The van der Waals surface area contributed by atoms with Gasteiger partial charge in [0.25, 0.3) is 5.56 Å². The molecule has 156 valence electrons. The van der Waals surface area contributed by atoms with Gasteiger partial charge in [-0.05, 0) is 72.1 Å². The van der Waals surface area contributed by atoms with Crippen molar-refractivity contribution in [1.29, 1.82) is 0 Å². The van der Waals surface area contributed by atoms with Crippen LogP contribution in [0.4, 0.5) is 0 Å². The standard InChI is InChI=1S/C26H24N2O3/c1-3-31-24-12-7-21(8-13-24)25-14-4-19(16-27-25)17-28-18-22(9-15-26(28)29)20-5-10-23(30-2)11-6-20/h4-16,18H,3,17H2,1-2H3. The average molecular weight is 412 g/mol. The fourth-order valence-electron chi connectivity index (χ4n) is 3.38. The maximum Gasteiger partial charge on any atom is 0.250 e. The van der Waals surface area contributed by atoms with E-state index in [0.717, 1.165) is 39.4 Å². The first kappa shape index (κ1) is 20.4. The highest BCUT2D eigenvalue weighted by Gasteiger charge is 2.05. The zero-order valence-electron chi connectivity index (χ0n) is 17.6. The predicted molar refractivity (Wildman–Crippen MR) is 123 cm³/mol. The fourth-order valence-corrected chi connectivity index (χ4v) is 3.38. The topological polar surface area (TPSA) is 53.4 Å². The summed E-state index contributed by atoms with van der Waals surface area (Å²) in [5.41, 5.74) is 4.82. The van der Waals surface area contributed by atoms with Gasteiger partial charge in [-0.1, -0.05) is 18.2 Å². The Morgan fingerprint density at radius 1 is 0.806 bits per heavy atom. The van der Waals surface area contributed by atoms with Crippen LogP contribution in [0.2, 0.25) is 0 Å². The summed E-state index contributed by atoms with van der Waals surface area (Å²) in [7, 11) is 1.64. The van der Waals surface area contributed by atoms with E-state index >= 15 is 0 Å². The molecule has 0 N–H and O–H groups in total. The summed E-state index contributed by atoms with van der Waals surface area (Å²) in [5.74, 6) is 1.65. The lowest BCUT2D eigenvalue weighted by molar-refractivity contribution is 0.340. The van der Waals surface area contributed by atoms with Crippen LogP contribution in [-0.4, -0.2) is 23.3 Å². The Morgan fingerprint density at radius 2 is 1.48 bits per heavy atom. The third-order valence-electron chi connectivity index (χ3n) is 5.05. The van der Waals surface area contributed by atoms with Gasteiger partial charge in [-0.25, -0.2) is 0 Å². The first-order chi connectivity index (χ1) is 15.2. The number of pyridine rings is 2. The molecule has 4 rings (SSSR count). The van der Waals surface area contributed by atoms with Gasteiger partial charge in [0, 0.05) is 24.0 Å². The zero-order chi connectivity index (χ0) is 21.6. The number of nitrogens with zero attached hydrogens (tertiary/aromatic N) is 2. The second kappa shape index (κ2) is 9.30. The van der Waals surface area contributed by atoms with Gasteiger partial charge < -0.3 is 14.0 Å². The summed E-state index contributed by atoms with van der Waals surface area (Å²) < 4.78 is 12.4. The Bertz CT molecular complexity index is 1200. The number of methoxy groups -OCH3 is 1. The van der Waals surface area contributed by atoms with Crippen LogP contribution in [0.15, 0.2) is 90.0 Å². The van der Waals surface area contributed by atoms with Gasteiger partial charge in [0.15, 0.2) is 0 Å². The van der Waals surface area contributed by atoms with Crippen molar-refractivity contribution in [3.05, 3.63) is 101 Å². The minimum Gasteiger partial charge on any atom is -0.497 e. The highest BCUT2D eigenvalue weighted by Crippen LogP contribution is 2.23. The second-order valence-corrected chi connectivity index (χ2v) is 7.12. The third kappa shape index (κ3) is 4.83. The maximum absolute atomic E-state index is 12.4. The molecule has 0 spiro atoms. The molecule has 5 heteroatoms. The fraction of sp³-hybridized carbons (Fsp3) is 0.154. The van der Waals surface area contributed by atoms with E-state index in [1.807, 2.05) is 86.0 Å². The van der Waals surface area contributed by atoms with E-state index in [1.165, 1.54) is 0 Å². The summed E-state index contributed by atoms with van der Waals surface area (Å²) >= 11 is 0. The van der Waals surface area contributed by atoms with Crippen LogP contribution in [0.1, 0.15) is 12.5 Å². The smallest absolute Gasteiger partial charge is 0.250 e. The van der Waals surface area contributed by atoms with E-state index < -0.39 is 0 Å². The lowest BCUT2D eigenvalue weighted by Gasteiger charge is -2.10. The molecule has 0 fully saturated rings. The van der Waals surface area contributed by atoms with E-state index in [-0.39, 0.29) is 5.56 Å². The van der Waals surface area contributed by atoms with Crippen molar-refractivity contribution in [2.75, 3.05) is 13.7 Å². The molecule has 0 aliphatic rings. The Labute approximate surface area is 181 Å². The molecule has 2 heterocycles. The van der Waals surface area contributed by atoms with Gasteiger partial charge in [-0.3, -0.25) is 9.78 Å². The number of rotatable bonds is 7. The highest BCUT2D eigenvalue weighted by atomic mass is 16.5. The van der Waals surface area contributed by atoms with E-state index in [1.54, 1.807) is 17.7 Å². The predicted octanol–water partition coefficient (Wildman–Crippen LogP) is 5.03. The van der Waals surface area contributed by atoms with Gasteiger partial charge in [-0.15, -0.1) is 0 Å². The monoisotopic (exact) mass is 412 g/mol. The number of hydrogen-bond acceptors (Lipinski definition) is 4. The SMILES string of the molecule is CCOc1ccc(-c2ccc(Cn3cc(-c4ccc(OC)cc4)ccc3=O)cn2)cc1. The van der Waals surface area contributed by atoms with Gasteiger partial charge in [-0.2, -0.15) is 0 Å². The molecule has 0 saturated carbocycles. The van der Waals surface area contributed by atoms with Crippen LogP contribution in [0.5, 0.6) is 11.5 Å². The Balaban J connectivity index is 1.52. The number of aromatic nitrogens is 2. The largest absolute Gasteiger partial charge is 0.497 e. The Hall–Kier alpha value is -3.86. The van der Waals surface area contributed by atoms with E-state index in [2.05, 4.69) is 4.98 Å². The van der Waals surface area contributed by atoms with E-state index in [9.17, 15) is 4.79 Å². The molecule has 0 aliphatic heterocycles. The van der Waals surface area contributed by atoms with Crippen molar-refractivity contribution in [3.8, 4) is 33.9 Å². The molecule has 0 aliphatic carbocycles. The minimum absolute atomic E-state index is 0.0483. The highest BCUT2D eigenvalue weighted by molar-refractivity contribution is 5.63. The van der Waals surface area contributed by atoms with Crippen LogP contribution in [0.3, 0.4) is 0 Å². The number of hydrogen-bond donors (Lipinski definition) is 0. The molecule has 0 saturated heterocycles. The second-order valence-electron chi connectivity index (χ2n) is 7.12. The van der Waals surface area contributed by atoms with Crippen molar-refractivity contribution < 1.29 is 9.47 Å². The van der Waals surface area contributed by atoms with Gasteiger partial charge in [0.1, 0.15) is 11.5 Å². The molecule has 0 amide bonds. The molecule has 0 atom stereocenters. The van der Waals surface area contributed by atoms with Crippen LogP contribution >= 0.6 is 0 Å². The van der Waals surface area contributed by atoms with Crippen LogP contribution < -0.4 is 15.0 Å². The summed E-state index contributed by atoms with van der Waals surface area (Å²) in [6.07, 6.45) is 3.70. The lowest BCUT2D eigenvalue weighted by atomic mass is 10.1. The third-order valence-corrected chi connectivity index (χ3v) is 5.05. The van der Waals surface area contributed by atoms with Crippen molar-refractivity contribution in [1.82, 2.24) is 9.55 Å². The Kier molecular flexibility index (Phi) is 6.13. The molecule has 4 aromatic rings. The lowest BCUT2D eigenvalue weighted by Crippen LogP contribution is -2.19. The molecule has 0 bridgehead atoms. The van der Waals surface area contributed by atoms with Crippen molar-refractivity contribution in [3.63, 3.8) is 0 Å². The molecule has 31 heavy (non-hydrogen) atoms. The summed E-state index contributed by atoms with van der Waals surface area (Å²) in [5, 5.41) is 0. The zero-order valence-corrected chi connectivity index (χ0v) is 17.6. The molecule has 5 nitrogen and oxygen atoms in total. The Morgan fingerprint density at radius 3 is 2.13 bits per heavy atom. The molecular formula is C26H24N2O3. The minimum atomic E-state index is -0.0483. The van der Waals surface area contributed by atoms with E-state index in [0.29, 0.717) is 13.2 Å². The van der Waals surface area contributed by atoms with Gasteiger partial charge in [0.2, 0.25) is 0 Å². The summed E-state index contributed by atoms with van der Waals surface area (Å²) in [6.45, 7) is 3.07. The number of benzene rings is 2. The van der Waals surface area contributed by atoms with Gasteiger partial charge >= 0.3 is 0 Å². The number of ether oxygens (including phenoxy) is 2. The molecule has 2 aromatic carbocycles.